The number of nitro benzene ring substituents is 2. The maximum Gasteiger partial charge on any atom is 0.300 e. The molecule has 0 atom stereocenters. The van der Waals surface area contributed by atoms with E-state index in [4.69, 9.17) is 0 Å². The Hall–Kier alpha value is -3.03. The Balaban J connectivity index is 2.56. The fourth-order valence-electron chi connectivity index (χ4n) is 1.84. The summed E-state index contributed by atoms with van der Waals surface area (Å²) in [5, 5.41) is 24.8. The Morgan fingerprint density at radius 1 is 1.00 bits per heavy atom. The number of hydrogen-bond donors (Lipinski definition) is 1. The molecule has 0 aliphatic heterocycles. The van der Waals surface area contributed by atoms with E-state index in [2.05, 4.69) is 5.32 Å². The molecule has 0 bridgehead atoms. The van der Waals surface area contributed by atoms with Crippen LogP contribution in [0.25, 0.3) is 0 Å². The van der Waals surface area contributed by atoms with Gasteiger partial charge in [0.25, 0.3) is 11.4 Å². The molecule has 0 radical (unpaired) electrons. The number of nitrogens with zero attached hydrogens (tertiary/aromatic N) is 2. The van der Waals surface area contributed by atoms with Crippen LogP contribution in [0.1, 0.15) is 5.56 Å². The molecule has 0 unspecified atom stereocenters. The molecule has 8 heteroatoms. The van der Waals surface area contributed by atoms with Gasteiger partial charge in [0.1, 0.15) is 5.82 Å². The first-order valence-corrected chi connectivity index (χ1v) is 5.84. The molecule has 2 rings (SSSR count). The first kappa shape index (κ1) is 14.4. The SMILES string of the molecule is Cc1cc([N+](=O)[O-])c(Nc2ccc(F)cc2)c([N+](=O)[O-])c1. The van der Waals surface area contributed by atoms with Gasteiger partial charge in [-0.15, -0.1) is 0 Å². The minimum absolute atomic E-state index is 0.234. The molecule has 7 nitrogen and oxygen atoms in total. The van der Waals surface area contributed by atoms with Gasteiger partial charge >= 0.3 is 0 Å². The van der Waals surface area contributed by atoms with Crippen molar-refractivity contribution in [3.8, 4) is 0 Å². The minimum Gasteiger partial charge on any atom is -0.344 e. The highest BCUT2D eigenvalue weighted by molar-refractivity contribution is 5.79. The molecule has 0 saturated heterocycles. The lowest BCUT2D eigenvalue weighted by Gasteiger charge is -2.08. The second-order valence-electron chi connectivity index (χ2n) is 4.32. The molecular formula is C13H10FN3O4. The van der Waals surface area contributed by atoms with Gasteiger partial charge in [-0.1, -0.05) is 0 Å². The number of aryl methyl sites for hydroxylation is 1. The van der Waals surface area contributed by atoms with Crippen molar-refractivity contribution in [1.82, 2.24) is 0 Å². The van der Waals surface area contributed by atoms with Crippen LogP contribution in [0.4, 0.5) is 27.1 Å². The fourth-order valence-corrected chi connectivity index (χ4v) is 1.84. The summed E-state index contributed by atoms with van der Waals surface area (Å²) in [5.41, 5.74) is -0.344. The average molecular weight is 291 g/mol. The molecule has 2 aromatic rings. The number of anilines is 2. The number of nitro groups is 2. The van der Waals surface area contributed by atoms with Crippen molar-refractivity contribution in [2.45, 2.75) is 6.92 Å². The van der Waals surface area contributed by atoms with Crippen LogP contribution in [-0.2, 0) is 0 Å². The molecule has 0 aromatic heterocycles. The van der Waals surface area contributed by atoms with Crippen LogP contribution in [0.2, 0.25) is 0 Å². The van der Waals surface area contributed by atoms with Crippen LogP contribution in [0, 0.1) is 33.0 Å². The van der Waals surface area contributed by atoms with E-state index in [1.165, 1.54) is 31.2 Å². The number of rotatable bonds is 4. The highest BCUT2D eigenvalue weighted by atomic mass is 19.1. The van der Waals surface area contributed by atoms with Crippen LogP contribution >= 0.6 is 0 Å². The first-order valence-electron chi connectivity index (χ1n) is 5.84. The van der Waals surface area contributed by atoms with E-state index < -0.39 is 27.0 Å². The predicted octanol–water partition coefficient (Wildman–Crippen LogP) is 3.69. The largest absolute Gasteiger partial charge is 0.344 e. The summed E-state index contributed by atoms with van der Waals surface area (Å²) in [6.07, 6.45) is 0. The quantitative estimate of drug-likeness (QED) is 0.684. The molecule has 0 spiro atoms. The van der Waals surface area contributed by atoms with Gasteiger partial charge in [0, 0.05) is 17.8 Å². The van der Waals surface area contributed by atoms with Crippen LogP contribution < -0.4 is 5.32 Å². The van der Waals surface area contributed by atoms with E-state index >= 15 is 0 Å². The summed E-state index contributed by atoms with van der Waals surface area (Å²) >= 11 is 0. The third-order valence-corrected chi connectivity index (χ3v) is 2.75. The van der Waals surface area contributed by atoms with Gasteiger partial charge in [0.15, 0.2) is 5.69 Å². The number of hydrogen-bond acceptors (Lipinski definition) is 5. The van der Waals surface area contributed by atoms with Gasteiger partial charge in [-0.2, -0.15) is 0 Å². The van der Waals surface area contributed by atoms with Crippen LogP contribution in [0.15, 0.2) is 36.4 Å². The van der Waals surface area contributed by atoms with Gasteiger partial charge in [0.2, 0.25) is 0 Å². The Morgan fingerprint density at radius 3 is 1.90 bits per heavy atom. The van der Waals surface area contributed by atoms with Crippen molar-refractivity contribution < 1.29 is 14.2 Å². The third-order valence-electron chi connectivity index (χ3n) is 2.75. The van der Waals surface area contributed by atoms with E-state index in [0.717, 1.165) is 12.1 Å². The molecule has 0 saturated carbocycles. The number of benzene rings is 2. The molecule has 21 heavy (non-hydrogen) atoms. The Bertz CT molecular complexity index is 681. The van der Waals surface area contributed by atoms with Gasteiger partial charge in [-0.25, -0.2) is 4.39 Å². The number of nitrogens with one attached hydrogen (secondary N) is 1. The van der Waals surface area contributed by atoms with E-state index in [9.17, 15) is 24.6 Å². The monoisotopic (exact) mass is 291 g/mol. The molecule has 108 valence electrons. The van der Waals surface area contributed by atoms with Crippen molar-refractivity contribution >= 4 is 22.7 Å². The molecule has 2 aromatic carbocycles. The minimum atomic E-state index is -0.703. The lowest BCUT2D eigenvalue weighted by molar-refractivity contribution is -0.392. The highest BCUT2D eigenvalue weighted by Gasteiger charge is 2.26. The van der Waals surface area contributed by atoms with Crippen molar-refractivity contribution in [1.29, 1.82) is 0 Å². The summed E-state index contributed by atoms with van der Waals surface area (Å²) in [4.78, 5) is 20.7. The maximum atomic E-state index is 12.8. The zero-order valence-corrected chi connectivity index (χ0v) is 10.9. The molecule has 1 N–H and O–H groups in total. The van der Waals surface area contributed by atoms with Crippen LogP contribution in [0.5, 0.6) is 0 Å². The normalized spacial score (nSPS) is 10.2. The van der Waals surface area contributed by atoms with Gasteiger partial charge in [-0.05, 0) is 36.8 Å². The van der Waals surface area contributed by atoms with E-state index in [-0.39, 0.29) is 5.69 Å². The smallest absolute Gasteiger partial charge is 0.300 e. The fraction of sp³-hybridized carbons (Fsp3) is 0.0769. The second-order valence-corrected chi connectivity index (χ2v) is 4.32. The Labute approximate surface area is 118 Å². The molecule has 0 fully saturated rings. The van der Waals surface area contributed by atoms with Crippen molar-refractivity contribution in [3.63, 3.8) is 0 Å². The van der Waals surface area contributed by atoms with E-state index in [1.54, 1.807) is 0 Å². The molecule has 0 aliphatic carbocycles. The van der Waals surface area contributed by atoms with Crippen LogP contribution in [-0.4, -0.2) is 9.85 Å². The second kappa shape index (κ2) is 5.53. The van der Waals surface area contributed by atoms with Gasteiger partial charge in [0.05, 0.1) is 9.85 Å². The standard InChI is InChI=1S/C13H10FN3O4/c1-8-6-11(16(18)19)13(12(7-8)17(20)21)15-10-4-2-9(14)3-5-10/h2-7,15H,1H3. The first-order chi connectivity index (χ1) is 9.88. The van der Waals surface area contributed by atoms with Gasteiger partial charge < -0.3 is 5.32 Å². The summed E-state index contributed by atoms with van der Waals surface area (Å²) in [6.45, 7) is 1.53. The number of halogens is 1. The zero-order chi connectivity index (χ0) is 15.6. The lowest BCUT2D eigenvalue weighted by Crippen LogP contribution is -2.02. The van der Waals surface area contributed by atoms with Gasteiger partial charge in [-0.3, -0.25) is 20.2 Å². The zero-order valence-electron chi connectivity index (χ0n) is 10.9. The van der Waals surface area contributed by atoms with Crippen molar-refractivity contribution in [3.05, 3.63) is 68.0 Å². The molecule has 0 aliphatic rings. The molecular weight excluding hydrogens is 281 g/mol. The Kier molecular flexibility index (Phi) is 3.79. The predicted molar refractivity (Wildman–Crippen MR) is 74.2 cm³/mol. The topological polar surface area (TPSA) is 98.3 Å². The lowest BCUT2D eigenvalue weighted by atomic mass is 10.1. The summed E-state index contributed by atoms with van der Waals surface area (Å²) in [5.74, 6) is -0.478. The van der Waals surface area contributed by atoms with E-state index in [0.29, 0.717) is 11.3 Å². The van der Waals surface area contributed by atoms with Crippen molar-refractivity contribution in [2.24, 2.45) is 0 Å². The van der Waals surface area contributed by atoms with E-state index in [1.807, 2.05) is 0 Å². The molecule has 0 heterocycles. The summed E-state index contributed by atoms with van der Waals surface area (Å²) in [7, 11) is 0. The summed E-state index contributed by atoms with van der Waals surface area (Å²) in [6, 6.07) is 7.44. The highest BCUT2D eigenvalue weighted by Crippen LogP contribution is 2.37. The average Bonchev–Trinajstić information content (AvgIpc) is 2.42. The third kappa shape index (κ3) is 3.11. The Morgan fingerprint density at radius 2 is 1.48 bits per heavy atom. The maximum absolute atomic E-state index is 12.8. The van der Waals surface area contributed by atoms with Crippen LogP contribution in [0.3, 0.4) is 0 Å². The molecule has 0 amide bonds. The van der Waals surface area contributed by atoms with Crippen molar-refractivity contribution in [2.75, 3.05) is 5.32 Å². The summed E-state index contributed by atoms with van der Waals surface area (Å²) < 4.78 is 12.8.